The molecular weight excluding hydrogens is 258 g/mol. The number of alkyl halides is 3. The van der Waals surface area contributed by atoms with Gasteiger partial charge >= 0.3 is 12.4 Å². The zero-order chi connectivity index (χ0) is 13.8. The van der Waals surface area contributed by atoms with Gasteiger partial charge in [0, 0.05) is 5.56 Å². The summed E-state index contributed by atoms with van der Waals surface area (Å²) in [5.41, 5.74) is 6.14. The molecule has 0 aliphatic rings. The minimum absolute atomic E-state index is 0.300. The minimum atomic E-state index is -5.00. The first-order valence-electron chi connectivity index (χ1n) is 4.42. The van der Waals surface area contributed by atoms with Crippen molar-refractivity contribution < 1.29 is 27.1 Å². The number of amides is 2. The number of halogens is 4. The molecule has 1 aromatic carbocycles. The van der Waals surface area contributed by atoms with Crippen molar-refractivity contribution in [3.63, 3.8) is 0 Å². The highest BCUT2D eigenvalue weighted by molar-refractivity contribution is 5.82. The number of nitrogens with one attached hydrogen (secondary N) is 1. The van der Waals surface area contributed by atoms with E-state index < -0.39 is 24.0 Å². The second kappa shape index (κ2) is 5.34. The fraction of sp³-hybridized carbons (Fsp3) is 0.111. The average molecular weight is 265 g/mol. The number of rotatable bonds is 3. The molecule has 9 heteroatoms. The molecular formula is C9H7F4N3O2. The molecule has 3 N–H and O–H groups in total. The van der Waals surface area contributed by atoms with Gasteiger partial charge < -0.3 is 10.5 Å². The van der Waals surface area contributed by atoms with E-state index >= 15 is 0 Å². The Hall–Kier alpha value is -2.32. The third kappa shape index (κ3) is 4.28. The van der Waals surface area contributed by atoms with Crippen molar-refractivity contribution in [2.75, 3.05) is 0 Å². The van der Waals surface area contributed by atoms with Crippen molar-refractivity contribution in [3.8, 4) is 5.75 Å². The van der Waals surface area contributed by atoms with Gasteiger partial charge in [-0.15, -0.1) is 13.2 Å². The van der Waals surface area contributed by atoms with Gasteiger partial charge in [-0.3, -0.25) is 0 Å². The molecule has 0 aliphatic carbocycles. The number of hydrogen-bond donors (Lipinski definition) is 2. The number of hydrogen-bond acceptors (Lipinski definition) is 3. The largest absolute Gasteiger partial charge is 0.573 e. The number of carbonyl (C=O) groups is 1. The third-order valence-corrected chi connectivity index (χ3v) is 1.60. The van der Waals surface area contributed by atoms with Crippen LogP contribution in [0.15, 0.2) is 23.3 Å². The zero-order valence-corrected chi connectivity index (χ0v) is 8.66. The van der Waals surface area contributed by atoms with Gasteiger partial charge in [0.2, 0.25) is 0 Å². The van der Waals surface area contributed by atoms with Crippen LogP contribution in [0.1, 0.15) is 5.56 Å². The van der Waals surface area contributed by atoms with Gasteiger partial charge in [-0.05, 0) is 6.07 Å². The van der Waals surface area contributed by atoms with Crippen LogP contribution >= 0.6 is 0 Å². The van der Waals surface area contributed by atoms with E-state index in [-0.39, 0.29) is 5.56 Å². The molecule has 0 spiro atoms. The van der Waals surface area contributed by atoms with Crippen LogP contribution in [-0.4, -0.2) is 18.6 Å². The van der Waals surface area contributed by atoms with E-state index in [1.165, 1.54) is 0 Å². The van der Waals surface area contributed by atoms with E-state index in [9.17, 15) is 22.4 Å². The highest BCUT2D eigenvalue weighted by Gasteiger charge is 2.32. The second-order valence-corrected chi connectivity index (χ2v) is 2.94. The van der Waals surface area contributed by atoms with Gasteiger partial charge in [-0.2, -0.15) is 5.10 Å². The van der Waals surface area contributed by atoms with Gasteiger partial charge in [0.05, 0.1) is 6.21 Å². The van der Waals surface area contributed by atoms with E-state index in [4.69, 9.17) is 0 Å². The van der Waals surface area contributed by atoms with Crippen LogP contribution in [0.2, 0.25) is 0 Å². The first kappa shape index (κ1) is 13.7. The lowest BCUT2D eigenvalue weighted by atomic mass is 10.2. The van der Waals surface area contributed by atoms with Crippen LogP contribution in [0.4, 0.5) is 22.4 Å². The van der Waals surface area contributed by atoms with E-state index in [1.54, 1.807) is 5.43 Å². The maximum Gasteiger partial charge on any atom is 0.573 e. The van der Waals surface area contributed by atoms with Crippen LogP contribution < -0.4 is 15.9 Å². The van der Waals surface area contributed by atoms with Gasteiger partial charge in [0.25, 0.3) is 0 Å². The van der Waals surface area contributed by atoms with Crippen molar-refractivity contribution in [2.24, 2.45) is 10.8 Å². The smallest absolute Gasteiger partial charge is 0.403 e. The summed E-state index contributed by atoms with van der Waals surface area (Å²) in [7, 11) is 0. The molecule has 1 rings (SSSR count). The normalized spacial score (nSPS) is 11.6. The first-order chi connectivity index (χ1) is 8.29. The Labute approximate surface area is 98.2 Å². The summed E-state index contributed by atoms with van der Waals surface area (Å²) in [5.74, 6) is -2.25. The molecule has 0 unspecified atom stereocenters. The second-order valence-electron chi connectivity index (χ2n) is 2.94. The molecule has 0 bridgehead atoms. The maximum atomic E-state index is 13.5. The standard InChI is InChI=1S/C9H7F4N3O2/c10-7-5(4-15-16-8(14)17)2-1-3-6(7)18-9(11,12)13/h1-4H,(H3,14,16,17). The van der Waals surface area contributed by atoms with E-state index in [0.717, 1.165) is 24.4 Å². The van der Waals surface area contributed by atoms with Crippen molar-refractivity contribution in [3.05, 3.63) is 29.6 Å². The van der Waals surface area contributed by atoms with Gasteiger partial charge in [-0.1, -0.05) is 12.1 Å². The number of carbonyl (C=O) groups excluding carboxylic acids is 1. The summed E-state index contributed by atoms with van der Waals surface area (Å²) in [4.78, 5) is 10.3. The molecule has 0 aliphatic heterocycles. The molecule has 0 aromatic heterocycles. The van der Waals surface area contributed by atoms with Crippen molar-refractivity contribution >= 4 is 12.2 Å². The highest BCUT2D eigenvalue weighted by Crippen LogP contribution is 2.26. The maximum absolute atomic E-state index is 13.5. The summed E-state index contributed by atoms with van der Waals surface area (Å²) < 4.78 is 52.7. The monoisotopic (exact) mass is 265 g/mol. The number of benzene rings is 1. The molecule has 5 nitrogen and oxygen atoms in total. The minimum Gasteiger partial charge on any atom is -0.403 e. The number of ether oxygens (including phenoxy) is 1. The van der Waals surface area contributed by atoms with E-state index in [1.807, 2.05) is 0 Å². The lowest BCUT2D eigenvalue weighted by Gasteiger charge is -2.10. The number of primary amides is 1. The Morgan fingerprint density at radius 3 is 2.67 bits per heavy atom. The van der Waals surface area contributed by atoms with Crippen molar-refractivity contribution in [1.82, 2.24) is 5.43 Å². The fourth-order valence-electron chi connectivity index (χ4n) is 0.996. The van der Waals surface area contributed by atoms with E-state index in [2.05, 4.69) is 15.6 Å². The molecule has 0 heterocycles. The molecule has 2 amide bonds. The summed E-state index contributed by atoms with van der Waals surface area (Å²) in [6, 6.07) is 2.09. The lowest BCUT2D eigenvalue weighted by Crippen LogP contribution is -2.24. The van der Waals surface area contributed by atoms with Crippen LogP contribution in [0.5, 0.6) is 5.75 Å². The molecule has 0 fully saturated rings. The Kier molecular flexibility index (Phi) is 4.08. The molecule has 0 radical (unpaired) electrons. The van der Waals surface area contributed by atoms with Gasteiger partial charge in [0.1, 0.15) is 0 Å². The van der Waals surface area contributed by atoms with Gasteiger partial charge in [-0.25, -0.2) is 14.6 Å². The first-order valence-corrected chi connectivity index (χ1v) is 4.42. The van der Waals surface area contributed by atoms with Crippen molar-refractivity contribution in [1.29, 1.82) is 0 Å². The van der Waals surface area contributed by atoms with Crippen LogP contribution in [0.25, 0.3) is 0 Å². The van der Waals surface area contributed by atoms with Gasteiger partial charge in [0.15, 0.2) is 11.6 Å². The zero-order valence-electron chi connectivity index (χ0n) is 8.66. The molecule has 98 valence electrons. The van der Waals surface area contributed by atoms with E-state index in [0.29, 0.717) is 0 Å². The third-order valence-electron chi connectivity index (χ3n) is 1.60. The lowest BCUT2D eigenvalue weighted by molar-refractivity contribution is -0.275. The summed E-state index contributed by atoms with van der Waals surface area (Å²) in [6.07, 6.45) is -4.20. The van der Waals surface area contributed by atoms with Crippen LogP contribution in [0.3, 0.4) is 0 Å². The van der Waals surface area contributed by atoms with Crippen LogP contribution in [-0.2, 0) is 0 Å². The summed E-state index contributed by atoms with van der Waals surface area (Å²) in [6.45, 7) is 0. The Morgan fingerprint density at radius 1 is 1.44 bits per heavy atom. The predicted molar refractivity (Wildman–Crippen MR) is 53.4 cm³/mol. The average Bonchev–Trinajstić information content (AvgIpc) is 2.21. The Balaban J connectivity index is 2.91. The van der Waals surface area contributed by atoms with Crippen molar-refractivity contribution in [2.45, 2.75) is 6.36 Å². The number of urea groups is 1. The molecule has 18 heavy (non-hydrogen) atoms. The number of nitrogens with two attached hydrogens (primary N) is 1. The fourth-order valence-corrected chi connectivity index (χ4v) is 0.996. The number of hydrazone groups is 1. The Bertz CT molecular complexity index is 473. The van der Waals surface area contributed by atoms with Crippen LogP contribution in [0, 0.1) is 5.82 Å². The topological polar surface area (TPSA) is 76.7 Å². The Morgan fingerprint density at radius 2 is 2.11 bits per heavy atom. The molecule has 0 saturated carbocycles. The quantitative estimate of drug-likeness (QED) is 0.496. The summed E-state index contributed by atoms with van der Waals surface area (Å²) in [5, 5.41) is 3.21. The number of nitrogens with zero attached hydrogens (tertiary/aromatic N) is 1. The summed E-state index contributed by atoms with van der Waals surface area (Å²) >= 11 is 0. The highest BCUT2D eigenvalue weighted by atomic mass is 19.4. The predicted octanol–water partition coefficient (Wildman–Crippen LogP) is 1.73. The SMILES string of the molecule is NC(=O)NN=Cc1cccc(OC(F)(F)F)c1F. The molecule has 1 aromatic rings. The molecule has 0 atom stereocenters. The molecule has 0 saturated heterocycles.